The maximum absolute atomic E-state index is 11.7. The van der Waals surface area contributed by atoms with Crippen molar-refractivity contribution in [2.24, 2.45) is 5.10 Å². The highest BCUT2D eigenvalue weighted by Gasteiger charge is 2.27. The second-order valence-electron chi connectivity index (χ2n) is 5.61. The molecule has 2 aromatic rings. The van der Waals surface area contributed by atoms with Crippen molar-refractivity contribution in [1.82, 2.24) is 5.01 Å². The summed E-state index contributed by atoms with van der Waals surface area (Å²) in [5.74, 6) is -0.117. The quantitative estimate of drug-likeness (QED) is 0.797. The summed E-state index contributed by atoms with van der Waals surface area (Å²) in [5, 5.41) is 5.22. The number of imide groups is 1. The third kappa shape index (κ3) is 3.20. The van der Waals surface area contributed by atoms with Gasteiger partial charge < -0.3 is 4.74 Å². The van der Waals surface area contributed by atoms with Crippen LogP contribution in [0.2, 0.25) is 0 Å². The van der Waals surface area contributed by atoms with Crippen LogP contribution in [0, 0.1) is 0 Å². The Hall–Kier alpha value is -2.95. The molecule has 1 heterocycles. The summed E-state index contributed by atoms with van der Waals surface area (Å²) in [4.78, 5) is 23.4. The molecule has 5 nitrogen and oxygen atoms in total. The predicted octanol–water partition coefficient (Wildman–Crippen LogP) is 3.31. The van der Waals surface area contributed by atoms with Gasteiger partial charge in [-0.2, -0.15) is 10.1 Å². The average Bonchev–Trinajstić information content (AvgIpc) is 2.59. The first-order valence-corrected chi connectivity index (χ1v) is 7.76. The van der Waals surface area contributed by atoms with Gasteiger partial charge in [-0.05, 0) is 17.7 Å². The molecule has 0 radical (unpaired) electrons. The van der Waals surface area contributed by atoms with E-state index < -0.39 is 11.8 Å². The van der Waals surface area contributed by atoms with Gasteiger partial charge in [0.2, 0.25) is 11.8 Å². The van der Waals surface area contributed by atoms with Gasteiger partial charge in [0.25, 0.3) is 0 Å². The molecule has 0 fully saturated rings. The lowest BCUT2D eigenvalue weighted by atomic mass is 9.96. The van der Waals surface area contributed by atoms with E-state index in [0.717, 1.165) is 16.1 Å². The Morgan fingerprint density at radius 2 is 1.62 bits per heavy atom. The zero-order valence-corrected chi connectivity index (χ0v) is 13.6. The first-order valence-electron chi connectivity index (χ1n) is 7.76. The van der Waals surface area contributed by atoms with Gasteiger partial charge in [0.05, 0.1) is 5.71 Å². The van der Waals surface area contributed by atoms with Crippen LogP contribution in [0.3, 0.4) is 0 Å². The Kier molecular flexibility index (Phi) is 4.42. The maximum Gasteiger partial charge on any atom is 0.246 e. The van der Waals surface area contributed by atoms with E-state index in [1.807, 2.05) is 54.6 Å². The highest BCUT2D eigenvalue weighted by molar-refractivity contribution is 6.05. The van der Waals surface area contributed by atoms with Crippen molar-refractivity contribution < 1.29 is 14.3 Å². The van der Waals surface area contributed by atoms with Gasteiger partial charge in [-0.3, -0.25) is 9.59 Å². The van der Waals surface area contributed by atoms with E-state index in [0.29, 0.717) is 17.9 Å². The molecule has 0 bridgehead atoms. The molecule has 2 amide bonds. The number of hydrogen-bond donors (Lipinski definition) is 0. The van der Waals surface area contributed by atoms with Crippen molar-refractivity contribution in [3.05, 3.63) is 65.7 Å². The molecule has 0 saturated carbocycles. The second-order valence-corrected chi connectivity index (χ2v) is 5.61. The van der Waals surface area contributed by atoms with Gasteiger partial charge in [-0.15, -0.1) is 0 Å². The smallest absolute Gasteiger partial charge is 0.246 e. The lowest BCUT2D eigenvalue weighted by Gasteiger charge is -2.28. The predicted molar refractivity (Wildman–Crippen MR) is 90.6 cm³/mol. The zero-order chi connectivity index (χ0) is 17.1. The monoisotopic (exact) mass is 322 g/mol. The standard InChI is InChI=1S/C19H18N2O3/c1-13(22)21(14(2)23)20-17-12-19(15-8-4-3-5-9-15)24-18-11-7-6-10-16(17)18/h3-11,19H,12H2,1-2H3/t19-/m1/s1. The van der Waals surface area contributed by atoms with Crippen molar-refractivity contribution in [3.63, 3.8) is 0 Å². The fourth-order valence-corrected chi connectivity index (χ4v) is 2.72. The van der Waals surface area contributed by atoms with Crippen LogP contribution in [-0.4, -0.2) is 22.5 Å². The first-order chi connectivity index (χ1) is 11.6. The van der Waals surface area contributed by atoms with Crippen LogP contribution in [0.25, 0.3) is 0 Å². The molecular formula is C19H18N2O3. The summed E-state index contributed by atoms with van der Waals surface area (Å²) in [6.07, 6.45) is 0.276. The Morgan fingerprint density at radius 3 is 2.29 bits per heavy atom. The molecular weight excluding hydrogens is 304 g/mol. The molecule has 1 aliphatic heterocycles. The number of benzene rings is 2. The van der Waals surface area contributed by atoms with Crippen molar-refractivity contribution in [2.75, 3.05) is 0 Å². The van der Waals surface area contributed by atoms with Crippen LogP contribution in [-0.2, 0) is 9.59 Å². The number of carbonyl (C=O) groups is 2. The van der Waals surface area contributed by atoms with Gasteiger partial charge in [-0.1, -0.05) is 42.5 Å². The van der Waals surface area contributed by atoms with E-state index in [4.69, 9.17) is 4.74 Å². The molecule has 3 rings (SSSR count). The highest BCUT2D eigenvalue weighted by Crippen LogP contribution is 2.35. The Balaban J connectivity index is 2.04. The average molecular weight is 322 g/mol. The van der Waals surface area contributed by atoms with Gasteiger partial charge in [0.1, 0.15) is 11.9 Å². The minimum absolute atomic E-state index is 0.208. The molecule has 0 aromatic heterocycles. The van der Waals surface area contributed by atoms with E-state index in [1.165, 1.54) is 13.8 Å². The summed E-state index contributed by atoms with van der Waals surface area (Å²) >= 11 is 0. The minimum atomic E-state index is -0.407. The Labute approximate surface area is 140 Å². The Bertz CT molecular complexity index is 785. The molecule has 1 aliphatic rings. The van der Waals surface area contributed by atoms with E-state index in [1.54, 1.807) is 0 Å². The summed E-state index contributed by atoms with van der Waals surface area (Å²) in [7, 11) is 0. The highest BCUT2D eigenvalue weighted by atomic mass is 16.5. The second kappa shape index (κ2) is 6.66. The number of amides is 2. The van der Waals surface area contributed by atoms with Crippen LogP contribution < -0.4 is 4.74 Å². The number of para-hydroxylation sites is 1. The molecule has 0 saturated heterocycles. The summed E-state index contributed by atoms with van der Waals surface area (Å²) in [6, 6.07) is 17.3. The number of hydrogen-bond acceptors (Lipinski definition) is 4. The van der Waals surface area contributed by atoms with E-state index in [-0.39, 0.29) is 6.10 Å². The molecule has 5 heteroatoms. The Morgan fingerprint density at radius 1 is 1.00 bits per heavy atom. The largest absolute Gasteiger partial charge is 0.485 e. The zero-order valence-electron chi connectivity index (χ0n) is 13.6. The van der Waals surface area contributed by atoms with Gasteiger partial charge in [0, 0.05) is 25.8 Å². The van der Waals surface area contributed by atoms with Crippen LogP contribution in [0.15, 0.2) is 59.7 Å². The van der Waals surface area contributed by atoms with Crippen molar-refractivity contribution >= 4 is 17.5 Å². The molecule has 0 N–H and O–H groups in total. The molecule has 122 valence electrons. The molecule has 0 spiro atoms. The van der Waals surface area contributed by atoms with Crippen LogP contribution in [0.4, 0.5) is 0 Å². The number of fused-ring (bicyclic) bond motifs is 1. The lowest BCUT2D eigenvalue weighted by Crippen LogP contribution is -2.31. The number of nitrogens with zero attached hydrogens (tertiary/aromatic N) is 2. The molecule has 0 aliphatic carbocycles. The summed E-state index contributed by atoms with van der Waals surface area (Å²) in [6.45, 7) is 2.65. The lowest BCUT2D eigenvalue weighted by molar-refractivity contribution is -0.142. The third-order valence-corrected chi connectivity index (χ3v) is 3.83. The minimum Gasteiger partial charge on any atom is -0.485 e. The van der Waals surface area contributed by atoms with E-state index in [9.17, 15) is 9.59 Å². The van der Waals surface area contributed by atoms with Gasteiger partial charge in [0.15, 0.2) is 0 Å². The number of carbonyl (C=O) groups excluding carboxylic acids is 2. The number of rotatable bonds is 2. The first kappa shape index (κ1) is 15.9. The molecule has 0 unspecified atom stereocenters. The van der Waals surface area contributed by atoms with Crippen LogP contribution >= 0.6 is 0 Å². The van der Waals surface area contributed by atoms with Gasteiger partial charge >= 0.3 is 0 Å². The van der Waals surface area contributed by atoms with Crippen molar-refractivity contribution in [2.45, 2.75) is 26.4 Å². The SMILES string of the molecule is CC(=O)N(N=C1C[C@H](c2ccccc2)Oc2ccccc21)C(C)=O. The van der Waals surface area contributed by atoms with Crippen LogP contribution in [0.1, 0.15) is 37.5 Å². The summed E-state index contributed by atoms with van der Waals surface area (Å²) in [5.41, 5.74) is 2.49. The maximum atomic E-state index is 11.7. The summed E-state index contributed by atoms with van der Waals surface area (Å²) < 4.78 is 6.08. The van der Waals surface area contributed by atoms with E-state index >= 15 is 0 Å². The van der Waals surface area contributed by atoms with Gasteiger partial charge in [-0.25, -0.2) is 0 Å². The number of ether oxygens (including phenoxy) is 1. The third-order valence-electron chi connectivity index (χ3n) is 3.83. The van der Waals surface area contributed by atoms with Crippen LogP contribution in [0.5, 0.6) is 5.75 Å². The molecule has 24 heavy (non-hydrogen) atoms. The fourth-order valence-electron chi connectivity index (χ4n) is 2.72. The van der Waals surface area contributed by atoms with Crippen molar-refractivity contribution in [1.29, 1.82) is 0 Å². The normalized spacial score (nSPS) is 17.8. The molecule has 1 atom stereocenters. The van der Waals surface area contributed by atoms with Crippen molar-refractivity contribution in [3.8, 4) is 5.75 Å². The van der Waals surface area contributed by atoms with E-state index in [2.05, 4.69) is 5.10 Å². The fraction of sp³-hybridized carbons (Fsp3) is 0.211. The topological polar surface area (TPSA) is 59.0 Å². The molecule has 2 aromatic carbocycles. The number of hydrazone groups is 1.